The van der Waals surface area contributed by atoms with Crippen LogP contribution < -0.4 is 10.6 Å². The fourth-order valence-electron chi connectivity index (χ4n) is 2.50. The van der Waals surface area contributed by atoms with Crippen LogP contribution in [0.3, 0.4) is 0 Å². The van der Waals surface area contributed by atoms with E-state index in [1.54, 1.807) is 11.3 Å². The molecule has 0 spiro atoms. The van der Waals surface area contributed by atoms with Gasteiger partial charge in [-0.1, -0.05) is 37.3 Å². The lowest BCUT2D eigenvalue weighted by Gasteiger charge is -2.18. The Hall–Kier alpha value is -1.15. The first kappa shape index (κ1) is 20.9. The van der Waals surface area contributed by atoms with Crippen LogP contribution in [0, 0.1) is 6.92 Å². The van der Waals surface area contributed by atoms with E-state index in [9.17, 15) is 0 Å². The number of thiazole rings is 1. The Morgan fingerprint density at radius 1 is 1.25 bits per heavy atom. The van der Waals surface area contributed by atoms with Crippen molar-refractivity contribution in [2.75, 3.05) is 20.1 Å². The van der Waals surface area contributed by atoms with Crippen molar-refractivity contribution in [2.24, 2.45) is 4.99 Å². The smallest absolute Gasteiger partial charge is 0.191 e. The minimum Gasteiger partial charge on any atom is -0.356 e. The molecule has 1 unspecified atom stereocenters. The second-order valence-electron chi connectivity index (χ2n) is 5.50. The lowest BCUT2D eigenvalue weighted by atomic mass is 9.97. The minimum atomic E-state index is 0. The summed E-state index contributed by atoms with van der Waals surface area (Å²) >= 11 is 1.70. The summed E-state index contributed by atoms with van der Waals surface area (Å²) in [5.74, 6) is 1.35. The van der Waals surface area contributed by atoms with Gasteiger partial charge >= 0.3 is 0 Å². The van der Waals surface area contributed by atoms with Gasteiger partial charge in [0.2, 0.25) is 0 Å². The molecule has 0 aliphatic heterocycles. The summed E-state index contributed by atoms with van der Waals surface area (Å²) in [6, 6.07) is 10.6. The molecule has 0 radical (unpaired) electrons. The quantitative estimate of drug-likeness (QED) is 0.375. The van der Waals surface area contributed by atoms with Gasteiger partial charge in [0.1, 0.15) is 0 Å². The molecule has 6 heteroatoms. The number of hydrogen-bond donors (Lipinski definition) is 2. The van der Waals surface area contributed by atoms with Crippen LogP contribution in [-0.4, -0.2) is 31.1 Å². The molecule has 0 saturated carbocycles. The molecule has 0 saturated heterocycles. The summed E-state index contributed by atoms with van der Waals surface area (Å²) in [6.07, 6.45) is 2.02. The number of aryl methyl sites for hydroxylation is 1. The zero-order valence-electron chi connectivity index (χ0n) is 14.6. The number of nitrogens with one attached hydrogen (secondary N) is 2. The first-order valence-corrected chi connectivity index (χ1v) is 9.01. The second kappa shape index (κ2) is 11.4. The normalized spacial score (nSPS) is 12.4. The van der Waals surface area contributed by atoms with Gasteiger partial charge in [0.25, 0.3) is 0 Å². The van der Waals surface area contributed by atoms with Crippen molar-refractivity contribution in [2.45, 2.75) is 32.6 Å². The summed E-state index contributed by atoms with van der Waals surface area (Å²) in [7, 11) is 1.81. The van der Waals surface area contributed by atoms with Crippen LogP contribution in [0.2, 0.25) is 0 Å². The van der Waals surface area contributed by atoms with Crippen LogP contribution in [-0.2, 0) is 6.42 Å². The van der Waals surface area contributed by atoms with Crippen molar-refractivity contribution in [1.29, 1.82) is 0 Å². The first-order chi connectivity index (χ1) is 11.2. The van der Waals surface area contributed by atoms with Gasteiger partial charge in [-0.2, -0.15) is 0 Å². The van der Waals surface area contributed by atoms with E-state index in [2.05, 4.69) is 63.2 Å². The standard InChI is InChI=1S/C18H26N4S.HI/c1-4-15(16-8-6-5-7-9-16)12-21-18(19-3)20-11-10-17-13-23-14(2)22-17;/h5-9,13,15H,4,10-12H2,1-3H3,(H2,19,20,21);1H. The van der Waals surface area contributed by atoms with Crippen LogP contribution >= 0.6 is 35.3 Å². The fourth-order valence-corrected chi connectivity index (χ4v) is 3.14. The third-order valence-corrected chi connectivity index (χ3v) is 4.67. The molecule has 24 heavy (non-hydrogen) atoms. The van der Waals surface area contributed by atoms with E-state index < -0.39 is 0 Å². The van der Waals surface area contributed by atoms with Crippen LogP contribution in [0.1, 0.15) is 35.5 Å². The Balaban J connectivity index is 0.00000288. The molecule has 0 aliphatic rings. The Labute approximate surface area is 166 Å². The van der Waals surface area contributed by atoms with E-state index >= 15 is 0 Å². The van der Waals surface area contributed by atoms with Crippen molar-refractivity contribution in [1.82, 2.24) is 15.6 Å². The van der Waals surface area contributed by atoms with Crippen molar-refractivity contribution < 1.29 is 0 Å². The molecule has 132 valence electrons. The number of halogens is 1. The number of aromatic nitrogens is 1. The van der Waals surface area contributed by atoms with E-state index in [0.29, 0.717) is 5.92 Å². The van der Waals surface area contributed by atoms with Gasteiger partial charge in [0, 0.05) is 37.9 Å². The molecule has 0 fully saturated rings. The molecule has 1 aromatic heterocycles. The first-order valence-electron chi connectivity index (χ1n) is 8.13. The maximum atomic E-state index is 4.48. The lowest BCUT2D eigenvalue weighted by molar-refractivity contribution is 0.629. The van der Waals surface area contributed by atoms with Crippen LogP contribution in [0.5, 0.6) is 0 Å². The summed E-state index contributed by atoms with van der Waals surface area (Å²) in [6.45, 7) is 5.98. The third-order valence-electron chi connectivity index (χ3n) is 3.84. The molecule has 0 bridgehead atoms. The van der Waals surface area contributed by atoms with Crippen molar-refractivity contribution >= 4 is 41.3 Å². The highest BCUT2D eigenvalue weighted by Gasteiger charge is 2.09. The molecule has 1 heterocycles. The van der Waals surface area contributed by atoms with Gasteiger partial charge in [-0.15, -0.1) is 35.3 Å². The van der Waals surface area contributed by atoms with E-state index in [0.717, 1.165) is 42.6 Å². The summed E-state index contributed by atoms with van der Waals surface area (Å²) in [4.78, 5) is 8.78. The van der Waals surface area contributed by atoms with Gasteiger partial charge in [-0.05, 0) is 18.9 Å². The number of guanidine groups is 1. The predicted molar refractivity (Wildman–Crippen MR) is 115 cm³/mol. The molecule has 0 amide bonds. The summed E-state index contributed by atoms with van der Waals surface area (Å²) < 4.78 is 0. The predicted octanol–water partition coefficient (Wildman–Crippen LogP) is 3.97. The molecule has 1 aromatic carbocycles. The van der Waals surface area contributed by atoms with Crippen LogP contribution in [0.15, 0.2) is 40.7 Å². The van der Waals surface area contributed by atoms with Gasteiger partial charge in [-0.3, -0.25) is 4.99 Å². The molecule has 2 aromatic rings. The molecule has 4 nitrogen and oxygen atoms in total. The molecule has 0 aliphatic carbocycles. The Morgan fingerprint density at radius 3 is 2.58 bits per heavy atom. The fraction of sp³-hybridized carbons (Fsp3) is 0.444. The van der Waals surface area contributed by atoms with Crippen LogP contribution in [0.4, 0.5) is 0 Å². The van der Waals surface area contributed by atoms with Crippen LogP contribution in [0.25, 0.3) is 0 Å². The van der Waals surface area contributed by atoms with Gasteiger partial charge in [0.05, 0.1) is 10.7 Å². The van der Waals surface area contributed by atoms with E-state index in [4.69, 9.17) is 0 Å². The maximum Gasteiger partial charge on any atom is 0.191 e. The van der Waals surface area contributed by atoms with E-state index in [-0.39, 0.29) is 24.0 Å². The maximum absolute atomic E-state index is 4.48. The van der Waals surface area contributed by atoms with Gasteiger partial charge in [-0.25, -0.2) is 4.98 Å². The second-order valence-corrected chi connectivity index (χ2v) is 6.57. The van der Waals surface area contributed by atoms with Gasteiger partial charge < -0.3 is 10.6 Å². The van der Waals surface area contributed by atoms with E-state index in [1.807, 2.05) is 14.0 Å². The highest BCUT2D eigenvalue weighted by Crippen LogP contribution is 2.17. The lowest BCUT2D eigenvalue weighted by Crippen LogP contribution is -2.40. The largest absolute Gasteiger partial charge is 0.356 e. The Bertz CT molecular complexity index is 612. The Morgan fingerprint density at radius 2 is 2.00 bits per heavy atom. The molecular formula is C18H27IN4S. The zero-order chi connectivity index (χ0) is 16.5. The topological polar surface area (TPSA) is 49.3 Å². The summed E-state index contributed by atoms with van der Waals surface area (Å²) in [5, 5.41) is 10.0. The van der Waals surface area contributed by atoms with Crippen molar-refractivity contribution in [3.63, 3.8) is 0 Å². The van der Waals surface area contributed by atoms with E-state index in [1.165, 1.54) is 5.56 Å². The minimum absolute atomic E-state index is 0. The number of aliphatic imine (C=N–C) groups is 1. The summed E-state index contributed by atoms with van der Waals surface area (Å²) in [5.41, 5.74) is 2.52. The molecule has 2 N–H and O–H groups in total. The number of nitrogens with zero attached hydrogens (tertiary/aromatic N) is 2. The SMILES string of the molecule is CCC(CNC(=NC)NCCc1csc(C)n1)c1ccccc1.I. The number of hydrogen-bond acceptors (Lipinski definition) is 3. The highest BCUT2D eigenvalue weighted by molar-refractivity contribution is 14.0. The average Bonchev–Trinajstić information content (AvgIpc) is 3.00. The molecule has 1 atom stereocenters. The van der Waals surface area contributed by atoms with Crippen molar-refractivity contribution in [3.05, 3.63) is 52.0 Å². The monoisotopic (exact) mass is 458 g/mol. The average molecular weight is 458 g/mol. The highest BCUT2D eigenvalue weighted by atomic mass is 127. The van der Waals surface area contributed by atoms with Crippen molar-refractivity contribution in [3.8, 4) is 0 Å². The molecular weight excluding hydrogens is 431 g/mol. The molecule has 2 rings (SSSR count). The van der Waals surface area contributed by atoms with Gasteiger partial charge in [0.15, 0.2) is 5.96 Å². The number of rotatable bonds is 7. The third kappa shape index (κ3) is 6.76. The Kier molecular flexibility index (Phi) is 9.94. The zero-order valence-corrected chi connectivity index (χ0v) is 17.7. The number of benzene rings is 1.